The quantitative estimate of drug-likeness (QED) is 0.859. The largest absolute Gasteiger partial charge is 0.444 e. The lowest BCUT2D eigenvalue weighted by Gasteiger charge is -2.26. The van der Waals surface area contributed by atoms with E-state index in [0.717, 1.165) is 0 Å². The van der Waals surface area contributed by atoms with Gasteiger partial charge in [-0.3, -0.25) is 0 Å². The summed E-state index contributed by atoms with van der Waals surface area (Å²) in [5.41, 5.74) is -2.01. The highest BCUT2D eigenvalue weighted by atomic mass is 35.5. The van der Waals surface area contributed by atoms with E-state index in [1.54, 1.807) is 32.9 Å². The number of rotatable bonds is 3. The number of carbonyl (C=O) groups is 1. The van der Waals surface area contributed by atoms with Crippen molar-refractivity contribution in [1.29, 1.82) is 0 Å². The zero-order valence-electron chi connectivity index (χ0n) is 13.3. The number of likely N-dealkylation sites (tertiary alicyclic amines) is 1. The van der Waals surface area contributed by atoms with Gasteiger partial charge in [0.2, 0.25) is 0 Å². The van der Waals surface area contributed by atoms with E-state index in [4.69, 9.17) is 16.3 Å². The van der Waals surface area contributed by atoms with E-state index in [-0.39, 0.29) is 13.1 Å². The van der Waals surface area contributed by atoms with Crippen LogP contribution in [0.15, 0.2) is 23.4 Å². The molecule has 0 bridgehead atoms. The number of aromatic nitrogens is 1. The minimum Gasteiger partial charge on any atom is -0.444 e. The van der Waals surface area contributed by atoms with Crippen molar-refractivity contribution in [3.8, 4) is 0 Å². The molecular formula is C15H21ClN2O4S. The average molecular weight is 361 g/mol. The highest BCUT2D eigenvalue weighted by Gasteiger charge is 2.48. The van der Waals surface area contributed by atoms with Gasteiger partial charge in [-0.1, -0.05) is 23.4 Å². The molecule has 0 spiro atoms. The molecule has 2 N–H and O–H groups in total. The number of ether oxygens (including phenoxy) is 1. The molecule has 1 aromatic rings. The molecule has 2 atom stereocenters. The highest BCUT2D eigenvalue weighted by Crippen LogP contribution is 2.36. The summed E-state index contributed by atoms with van der Waals surface area (Å²) < 4.78 is 5.33. The zero-order chi connectivity index (χ0) is 17.3. The van der Waals surface area contributed by atoms with Gasteiger partial charge < -0.3 is 19.8 Å². The molecule has 1 aliphatic heterocycles. The van der Waals surface area contributed by atoms with Gasteiger partial charge in [-0.05, 0) is 32.9 Å². The number of nitrogens with zero attached hydrogens (tertiary/aromatic N) is 2. The molecule has 0 aliphatic carbocycles. The molecule has 6 nitrogen and oxygen atoms in total. The molecule has 0 aromatic carbocycles. The second kappa shape index (κ2) is 6.84. The number of thioether (sulfide) groups is 1. The standard InChI is InChI=1S/C15H21ClN2O4S/c1-14(2,3)22-13(20)18-7-11(15(21,8-18)9-19)23-12-5-4-10(16)6-17-12/h4-6,11,19,21H,7-9H2,1-3H3/t11-,15-/m0/s1. The molecule has 8 heteroatoms. The van der Waals surface area contributed by atoms with Crippen LogP contribution in [0.1, 0.15) is 20.8 Å². The van der Waals surface area contributed by atoms with Crippen LogP contribution in [-0.4, -0.2) is 62.3 Å². The average Bonchev–Trinajstić information content (AvgIpc) is 2.78. The van der Waals surface area contributed by atoms with E-state index in [1.807, 2.05) is 0 Å². The predicted molar refractivity (Wildman–Crippen MR) is 88.7 cm³/mol. The van der Waals surface area contributed by atoms with Crippen LogP contribution < -0.4 is 0 Å². The lowest BCUT2D eigenvalue weighted by Crippen LogP contribution is -2.44. The molecule has 0 saturated carbocycles. The first-order valence-electron chi connectivity index (χ1n) is 7.22. The van der Waals surface area contributed by atoms with Gasteiger partial charge in [0.15, 0.2) is 0 Å². The summed E-state index contributed by atoms with van der Waals surface area (Å²) in [4.78, 5) is 17.8. The lowest BCUT2D eigenvalue weighted by atomic mass is 10.1. The Morgan fingerprint density at radius 3 is 2.78 bits per heavy atom. The first kappa shape index (κ1) is 18.3. The molecule has 128 valence electrons. The molecule has 23 heavy (non-hydrogen) atoms. The molecule has 1 fully saturated rings. The van der Waals surface area contributed by atoms with Gasteiger partial charge in [0.05, 0.1) is 28.5 Å². The van der Waals surface area contributed by atoms with Crippen molar-refractivity contribution in [2.24, 2.45) is 0 Å². The first-order chi connectivity index (χ1) is 10.6. The van der Waals surface area contributed by atoms with Gasteiger partial charge in [0.25, 0.3) is 0 Å². The van der Waals surface area contributed by atoms with Crippen molar-refractivity contribution in [3.05, 3.63) is 23.4 Å². The molecule has 0 radical (unpaired) electrons. The van der Waals surface area contributed by atoms with Gasteiger partial charge in [-0.15, -0.1) is 0 Å². The summed E-state index contributed by atoms with van der Waals surface area (Å²) in [6.45, 7) is 5.18. The van der Waals surface area contributed by atoms with Crippen LogP contribution in [0.4, 0.5) is 4.79 Å². The second-order valence-corrected chi connectivity index (χ2v) is 8.20. The van der Waals surface area contributed by atoms with Crippen LogP contribution in [0, 0.1) is 0 Å². The minimum atomic E-state index is -1.40. The molecule has 1 amide bonds. The third-order valence-corrected chi connectivity index (χ3v) is 4.92. The van der Waals surface area contributed by atoms with E-state index < -0.39 is 29.2 Å². The number of hydrogen-bond donors (Lipinski definition) is 2. The second-order valence-electron chi connectivity index (χ2n) is 6.54. The van der Waals surface area contributed by atoms with Gasteiger partial charge in [0.1, 0.15) is 11.2 Å². The number of halogens is 1. The number of aliphatic hydroxyl groups excluding tert-OH is 1. The topological polar surface area (TPSA) is 82.9 Å². The monoisotopic (exact) mass is 360 g/mol. The van der Waals surface area contributed by atoms with Crippen molar-refractivity contribution in [1.82, 2.24) is 9.88 Å². The van der Waals surface area contributed by atoms with Gasteiger partial charge in [0, 0.05) is 12.7 Å². The molecule has 1 saturated heterocycles. The predicted octanol–water partition coefficient (Wildman–Crippen LogP) is 2.17. The fraction of sp³-hybridized carbons (Fsp3) is 0.600. The van der Waals surface area contributed by atoms with Crippen LogP contribution in [0.2, 0.25) is 5.02 Å². The Balaban J connectivity index is 2.09. The van der Waals surface area contributed by atoms with Crippen molar-refractivity contribution in [3.63, 3.8) is 0 Å². The maximum atomic E-state index is 12.2. The normalized spacial score (nSPS) is 24.8. The Labute approximate surface area is 144 Å². The number of β-amino-alcohol motifs (C(OH)–C–C–N with tert-alkyl or cyclic N) is 1. The minimum absolute atomic E-state index is 0.0175. The van der Waals surface area contributed by atoms with E-state index >= 15 is 0 Å². The fourth-order valence-corrected chi connectivity index (χ4v) is 3.50. The maximum absolute atomic E-state index is 12.2. The Morgan fingerprint density at radius 2 is 2.26 bits per heavy atom. The van der Waals surface area contributed by atoms with Crippen LogP contribution in [0.3, 0.4) is 0 Å². The molecule has 2 heterocycles. The summed E-state index contributed by atoms with van der Waals surface area (Å²) in [7, 11) is 0. The lowest BCUT2D eigenvalue weighted by molar-refractivity contribution is -0.00978. The summed E-state index contributed by atoms with van der Waals surface area (Å²) >= 11 is 7.11. The Hall–Kier alpha value is -1.02. The Morgan fingerprint density at radius 1 is 1.57 bits per heavy atom. The van der Waals surface area contributed by atoms with E-state index in [9.17, 15) is 15.0 Å². The SMILES string of the molecule is CC(C)(C)OC(=O)N1C[C@H](Sc2ccc(Cl)cn2)[C@@](O)(CO)C1. The molecule has 0 unspecified atom stereocenters. The van der Waals surface area contributed by atoms with Crippen LogP contribution in [0.5, 0.6) is 0 Å². The van der Waals surface area contributed by atoms with Crippen molar-refractivity contribution in [2.75, 3.05) is 19.7 Å². The summed E-state index contributed by atoms with van der Waals surface area (Å²) in [6, 6.07) is 3.44. The molecular weight excluding hydrogens is 340 g/mol. The van der Waals surface area contributed by atoms with Gasteiger partial charge >= 0.3 is 6.09 Å². The summed E-state index contributed by atoms with van der Waals surface area (Å²) in [5, 5.41) is 21.0. The summed E-state index contributed by atoms with van der Waals surface area (Å²) in [6.07, 6.45) is 1.01. The highest BCUT2D eigenvalue weighted by molar-refractivity contribution is 8.00. The van der Waals surface area contributed by atoms with Crippen molar-refractivity contribution >= 4 is 29.5 Å². The third kappa shape index (κ3) is 4.73. The number of aliphatic hydroxyl groups is 2. The van der Waals surface area contributed by atoms with Crippen LogP contribution in [-0.2, 0) is 4.74 Å². The van der Waals surface area contributed by atoms with E-state index in [0.29, 0.717) is 10.0 Å². The van der Waals surface area contributed by atoms with E-state index in [1.165, 1.54) is 22.9 Å². The van der Waals surface area contributed by atoms with Crippen LogP contribution >= 0.6 is 23.4 Å². The van der Waals surface area contributed by atoms with Crippen molar-refractivity contribution < 1.29 is 19.7 Å². The maximum Gasteiger partial charge on any atom is 0.410 e. The third-order valence-electron chi connectivity index (χ3n) is 3.34. The number of hydrogen-bond acceptors (Lipinski definition) is 6. The zero-order valence-corrected chi connectivity index (χ0v) is 14.9. The van der Waals surface area contributed by atoms with Crippen LogP contribution in [0.25, 0.3) is 0 Å². The van der Waals surface area contributed by atoms with Gasteiger partial charge in [-0.25, -0.2) is 9.78 Å². The van der Waals surface area contributed by atoms with E-state index in [2.05, 4.69) is 4.98 Å². The summed E-state index contributed by atoms with van der Waals surface area (Å²) in [5.74, 6) is 0. The van der Waals surface area contributed by atoms with Gasteiger partial charge in [-0.2, -0.15) is 0 Å². The Kier molecular flexibility index (Phi) is 5.45. The number of pyridine rings is 1. The first-order valence-corrected chi connectivity index (χ1v) is 8.48. The molecule has 2 rings (SSSR count). The van der Waals surface area contributed by atoms with Crippen molar-refractivity contribution in [2.45, 2.75) is 42.2 Å². The Bertz CT molecular complexity index is 564. The number of amides is 1. The molecule has 1 aromatic heterocycles. The molecule has 1 aliphatic rings. The fourth-order valence-electron chi connectivity index (χ4n) is 2.21. The smallest absolute Gasteiger partial charge is 0.410 e. The number of carbonyl (C=O) groups excluding carboxylic acids is 1.